The molecule has 148 valence electrons. The van der Waals surface area contributed by atoms with E-state index in [1.165, 1.54) is 6.08 Å². The van der Waals surface area contributed by atoms with E-state index in [0.717, 1.165) is 31.5 Å². The monoisotopic (exact) mass is 389 g/mol. The fourth-order valence-corrected chi connectivity index (χ4v) is 3.14. The van der Waals surface area contributed by atoms with Gasteiger partial charge >= 0.3 is 0 Å². The molecule has 0 atom stereocenters. The molecule has 29 heavy (non-hydrogen) atoms. The van der Waals surface area contributed by atoms with E-state index >= 15 is 0 Å². The maximum Gasteiger partial charge on any atom is 0.266 e. The summed E-state index contributed by atoms with van der Waals surface area (Å²) in [5, 5.41) is 12.2. The molecule has 3 rings (SSSR count). The summed E-state index contributed by atoms with van der Waals surface area (Å²) >= 11 is 0. The number of nitrogens with one attached hydrogen (secondary N) is 1. The molecule has 6 nitrogen and oxygen atoms in total. The van der Waals surface area contributed by atoms with Crippen LogP contribution in [0.2, 0.25) is 0 Å². The molecule has 0 aromatic heterocycles. The number of nitriles is 1. The number of carbonyl (C=O) groups is 2. The molecule has 1 fully saturated rings. The van der Waals surface area contributed by atoms with Gasteiger partial charge in [-0.1, -0.05) is 36.4 Å². The van der Waals surface area contributed by atoms with E-state index in [2.05, 4.69) is 5.32 Å². The van der Waals surface area contributed by atoms with Gasteiger partial charge in [0.25, 0.3) is 11.8 Å². The summed E-state index contributed by atoms with van der Waals surface area (Å²) in [4.78, 5) is 26.6. The highest BCUT2D eigenvalue weighted by Gasteiger charge is 2.19. The lowest BCUT2D eigenvalue weighted by atomic mass is 10.1. The molecule has 2 aromatic rings. The summed E-state index contributed by atoms with van der Waals surface area (Å²) in [6.07, 6.45) is 3.52. The number of amides is 2. The molecule has 0 spiro atoms. The first-order valence-corrected chi connectivity index (χ1v) is 9.57. The van der Waals surface area contributed by atoms with Crippen molar-refractivity contribution in [1.82, 2.24) is 4.90 Å². The van der Waals surface area contributed by atoms with Gasteiger partial charge in [-0.15, -0.1) is 0 Å². The molecule has 0 bridgehead atoms. The molecule has 1 aliphatic rings. The number of hydrogen-bond acceptors (Lipinski definition) is 4. The zero-order valence-corrected chi connectivity index (χ0v) is 16.4. The van der Waals surface area contributed by atoms with Crippen LogP contribution in [0, 0.1) is 18.3 Å². The third-order valence-electron chi connectivity index (χ3n) is 4.79. The minimum Gasteiger partial charge on any atom is -0.483 e. The van der Waals surface area contributed by atoms with Crippen LogP contribution in [-0.2, 0) is 9.59 Å². The van der Waals surface area contributed by atoms with E-state index < -0.39 is 5.91 Å². The lowest BCUT2D eigenvalue weighted by Gasteiger charge is -2.16. The number of ether oxygens (including phenoxy) is 1. The zero-order valence-electron chi connectivity index (χ0n) is 16.4. The Bertz CT molecular complexity index is 969. The summed E-state index contributed by atoms with van der Waals surface area (Å²) in [5.41, 5.74) is 2.08. The Balaban J connectivity index is 1.73. The summed E-state index contributed by atoms with van der Waals surface area (Å²) in [7, 11) is 0. The summed E-state index contributed by atoms with van der Waals surface area (Å²) in [6, 6.07) is 16.3. The van der Waals surface area contributed by atoms with Gasteiger partial charge in [0.15, 0.2) is 6.61 Å². The minimum atomic E-state index is -0.496. The predicted molar refractivity (Wildman–Crippen MR) is 111 cm³/mol. The second-order valence-electron chi connectivity index (χ2n) is 6.85. The van der Waals surface area contributed by atoms with Crippen molar-refractivity contribution < 1.29 is 14.3 Å². The van der Waals surface area contributed by atoms with Crippen LogP contribution in [0.15, 0.2) is 54.1 Å². The molecule has 2 aromatic carbocycles. The van der Waals surface area contributed by atoms with Crippen molar-refractivity contribution in [2.75, 3.05) is 25.0 Å². The molecule has 1 heterocycles. The highest BCUT2D eigenvalue weighted by atomic mass is 16.5. The lowest BCUT2D eigenvalue weighted by Crippen LogP contribution is -2.32. The van der Waals surface area contributed by atoms with Crippen molar-refractivity contribution in [3.8, 4) is 11.8 Å². The Morgan fingerprint density at radius 2 is 1.83 bits per heavy atom. The number of likely N-dealkylation sites (tertiary alicyclic amines) is 1. The number of carbonyl (C=O) groups excluding carboxylic acids is 2. The number of anilines is 1. The van der Waals surface area contributed by atoms with Crippen molar-refractivity contribution in [2.45, 2.75) is 19.8 Å². The molecular formula is C23H23N3O3. The molecule has 6 heteroatoms. The predicted octanol–water partition coefficient (Wildman–Crippen LogP) is 3.54. The van der Waals surface area contributed by atoms with Gasteiger partial charge in [0.05, 0.1) is 0 Å². The first-order valence-electron chi connectivity index (χ1n) is 9.57. The third kappa shape index (κ3) is 5.23. The molecule has 1 saturated heterocycles. The molecule has 1 N–H and O–H groups in total. The Morgan fingerprint density at radius 1 is 1.14 bits per heavy atom. The number of benzene rings is 2. The smallest absolute Gasteiger partial charge is 0.266 e. The van der Waals surface area contributed by atoms with Crippen LogP contribution in [-0.4, -0.2) is 36.4 Å². The van der Waals surface area contributed by atoms with Crippen molar-refractivity contribution in [3.63, 3.8) is 0 Å². The van der Waals surface area contributed by atoms with Gasteiger partial charge in [0.1, 0.15) is 17.4 Å². The summed E-state index contributed by atoms with van der Waals surface area (Å²) in [6.45, 7) is 3.34. The van der Waals surface area contributed by atoms with E-state index in [4.69, 9.17) is 4.74 Å². The van der Waals surface area contributed by atoms with Crippen LogP contribution < -0.4 is 10.1 Å². The number of para-hydroxylation sites is 2. The van der Waals surface area contributed by atoms with Crippen molar-refractivity contribution in [1.29, 1.82) is 5.26 Å². The Morgan fingerprint density at radius 3 is 2.55 bits per heavy atom. The van der Waals surface area contributed by atoms with E-state index in [9.17, 15) is 14.9 Å². The van der Waals surface area contributed by atoms with Gasteiger partial charge in [-0.2, -0.15) is 5.26 Å². The maximum absolute atomic E-state index is 12.5. The van der Waals surface area contributed by atoms with Crippen LogP contribution in [0.3, 0.4) is 0 Å². The molecule has 0 radical (unpaired) electrons. The molecule has 0 unspecified atom stereocenters. The van der Waals surface area contributed by atoms with Crippen LogP contribution >= 0.6 is 0 Å². The number of aryl methyl sites for hydroxylation is 1. The average Bonchev–Trinajstić information content (AvgIpc) is 3.27. The van der Waals surface area contributed by atoms with Crippen LogP contribution in [0.25, 0.3) is 6.08 Å². The molecule has 1 aliphatic heterocycles. The summed E-state index contributed by atoms with van der Waals surface area (Å²) < 4.78 is 5.70. The van der Waals surface area contributed by atoms with Gasteiger partial charge < -0.3 is 15.0 Å². The summed E-state index contributed by atoms with van der Waals surface area (Å²) in [5.74, 6) is -0.0969. The Kier molecular flexibility index (Phi) is 6.64. The number of rotatable bonds is 6. The SMILES string of the molecule is Cc1ccccc1NC(=O)/C(C#N)=C/c1ccccc1OCC(=O)N1CCCC1. The first-order chi connectivity index (χ1) is 14.1. The lowest BCUT2D eigenvalue weighted by molar-refractivity contribution is -0.132. The van der Waals surface area contributed by atoms with E-state index in [1.807, 2.05) is 31.2 Å². The van der Waals surface area contributed by atoms with Crippen LogP contribution in [0.1, 0.15) is 24.0 Å². The van der Waals surface area contributed by atoms with Gasteiger partial charge in [-0.25, -0.2) is 0 Å². The van der Waals surface area contributed by atoms with Crippen molar-refractivity contribution in [3.05, 3.63) is 65.2 Å². The van der Waals surface area contributed by atoms with E-state index in [-0.39, 0.29) is 18.1 Å². The van der Waals surface area contributed by atoms with Gasteiger partial charge in [-0.3, -0.25) is 9.59 Å². The maximum atomic E-state index is 12.5. The minimum absolute atomic E-state index is 0.0461. The Labute approximate surface area is 170 Å². The highest BCUT2D eigenvalue weighted by molar-refractivity contribution is 6.10. The molecule has 0 aliphatic carbocycles. The standard InChI is InChI=1S/C23H23N3O3/c1-17-8-2-4-10-20(17)25-23(28)19(15-24)14-18-9-3-5-11-21(18)29-16-22(27)26-12-6-7-13-26/h2-5,8-11,14H,6-7,12-13,16H2,1H3,(H,25,28)/b19-14+. The average molecular weight is 389 g/mol. The normalized spacial score (nSPS) is 13.7. The Hall–Kier alpha value is -3.59. The quantitative estimate of drug-likeness (QED) is 0.605. The van der Waals surface area contributed by atoms with Crippen molar-refractivity contribution in [2.24, 2.45) is 0 Å². The zero-order chi connectivity index (χ0) is 20.6. The fraction of sp³-hybridized carbons (Fsp3) is 0.261. The number of hydrogen-bond donors (Lipinski definition) is 1. The topological polar surface area (TPSA) is 82.4 Å². The van der Waals surface area contributed by atoms with Gasteiger partial charge in [0.2, 0.25) is 0 Å². The third-order valence-corrected chi connectivity index (χ3v) is 4.79. The number of nitrogens with zero attached hydrogens (tertiary/aromatic N) is 2. The highest BCUT2D eigenvalue weighted by Crippen LogP contribution is 2.22. The molecule has 0 saturated carbocycles. The second-order valence-corrected chi connectivity index (χ2v) is 6.85. The van der Waals surface area contributed by atoms with E-state index in [1.54, 1.807) is 35.2 Å². The fourth-order valence-electron chi connectivity index (χ4n) is 3.14. The van der Waals surface area contributed by atoms with Crippen molar-refractivity contribution >= 4 is 23.6 Å². The molecule has 2 amide bonds. The van der Waals surface area contributed by atoms with Gasteiger partial charge in [0, 0.05) is 24.3 Å². The first kappa shape index (κ1) is 20.2. The van der Waals surface area contributed by atoms with Gasteiger partial charge in [-0.05, 0) is 43.5 Å². The largest absolute Gasteiger partial charge is 0.483 e. The van der Waals surface area contributed by atoms with E-state index in [0.29, 0.717) is 17.0 Å². The molecular weight excluding hydrogens is 366 g/mol. The second kappa shape index (κ2) is 9.56. The van der Waals surface area contributed by atoms with Crippen LogP contribution in [0.5, 0.6) is 5.75 Å². The van der Waals surface area contributed by atoms with Crippen LogP contribution in [0.4, 0.5) is 5.69 Å².